The normalized spacial score (nSPS) is 15.5. The number of hydrogen-bond donors (Lipinski definition) is 0. The van der Waals surface area contributed by atoms with E-state index in [1.165, 1.54) is 27.6 Å². The molecule has 0 unspecified atom stereocenters. The number of aryl methyl sites for hydroxylation is 2. The van der Waals surface area contributed by atoms with Gasteiger partial charge in [0.05, 0.1) is 10.7 Å². The van der Waals surface area contributed by atoms with Crippen molar-refractivity contribution >= 4 is 49.7 Å². The van der Waals surface area contributed by atoms with E-state index in [2.05, 4.69) is 36.9 Å². The molecule has 0 spiro atoms. The molecule has 1 saturated heterocycles. The fourth-order valence-corrected chi connectivity index (χ4v) is 6.42. The van der Waals surface area contributed by atoms with Gasteiger partial charge in [0.15, 0.2) is 5.13 Å². The van der Waals surface area contributed by atoms with E-state index in [0.29, 0.717) is 31.2 Å². The first-order chi connectivity index (χ1) is 14.3. The van der Waals surface area contributed by atoms with Crippen molar-refractivity contribution in [2.45, 2.75) is 18.7 Å². The van der Waals surface area contributed by atoms with E-state index in [4.69, 9.17) is 28.2 Å². The summed E-state index contributed by atoms with van der Waals surface area (Å²) in [6.07, 6.45) is 0. The Labute approximate surface area is 190 Å². The molecule has 5 nitrogen and oxygen atoms in total. The predicted molar refractivity (Wildman–Crippen MR) is 124 cm³/mol. The number of rotatable bonds is 4. The third-order valence-electron chi connectivity index (χ3n) is 5.31. The largest absolute Gasteiger partial charge is 0.345 e. The minimum atomic E-state index is -3.69. The lowest BCUT2D eigenvalue weighted by atomic mass is 10.1. The molecule has 1 aliphatic rings. The summed E-state index contributed by atoms with van der Waals surface area (Å²) in [6, 6.07) is 10.8. The number of benzene rings is 2. The maximum atomic E-state index is 13.0. The highest BCUT2D eigenvalue weighted by molar-refractivity contribution is 7.89. The second-order valence-electron chi connectivity index (χ2n) is 7.28. The molecule has 9 heteroatoms. The van der Waals surface area contributed by atoms with Crippen LogP contribution in [0, 0.1) is 13.8 Å². The molecule has 0 atom stereocenters. The molecule has 2 heterocycles. The first-order valence-electron chi connectivity index (χ1n) is 9.49. The number of piperazine rings is 1. The van der Waals surface area contributed by atoms with Gasteiger partial charge in [0.25, 0.3) is 0 Å². The van der Waals surface area contributed by atoms with Gasteiger partial charge in [-0.2, -0.15) is 4.31 Å². The Balaban J connectivity index is 1.48. The van der Waals surface area contributed by atoms with E-state index in [1.807, 2.05) is 5.38 Å². The monoisotopic (exact) mass is 481 g/mol. The van der Waals surface area contributed by atoms with Gasteiger partial charge in [-0.1, -0.05) is 35.3 Å². The lowest BCUT2D eigenvalue weighted by molar-refractivity contribution is 0.385. The third kappa shape index (κ3) is 4.22. The topological polar surface area (TPSA) is 53.5 Å². The molecule has 2 aromatic carbocycles. The summed E-state index contributed by atoms with van der Waals surface area (Å²) in [4.78, 5) is 6.96. The van der Waals surface area contributed by atoms with Crippen molar-refractivity contribution in [3.63, 3.8) is 0 Å². The SMILES string of the molecule is Cc1ccc(-c2csc(N3CCN(S(=O)(=O)c4cc(Cl)ccc4Cl)CC3)n2)cc1C. The van der Waals surface area contributed by atoms with Gasteiger partial charge in [0.1, 0.15) is 4.90 Å². The Morgan fingerprint density at radius 2 is 1.70 bits per heavy atom. The van der Waals surface area contributed by atoms with Gasteiger partial charge >= 0.3 is 0 Å². The maximum Gasteiger partial charge on any atom is 0.244 e. The number of nitrogens with zero attached hydrogens (tertiary/aromatic N) is 3. The van der Waals surface area contributed by atoms with Crippen LogP contribution in [0.3, 0.4) is 0 Å². The second-order valence-corrected chi connectivity index (χ2v) is 10.9. The van der Waals surface area contributed by atoms with E-state index in [0.717, 1.165) is 16.4 Å². The molecule has 4 rings (SSSR count). The Bertz CT molecular complexity index is 1190. The summed E-state index contributed by atoms with van der Waals surface area (Å²) in [5.74, 6) is 0. The first-order valence-corrected chi connectivity index (χ1v) is 12.6. The van der Waals surface area contributed by atoms with E-state index < -0.39 is 10.0 Å². The van der Waals surface area contributed by atoms with Crippen molar-refractivity contribution in [1.82, 2.24) is 9.29 Å². The first kappa shape index (κ1) is 21.6. The second kappa shape index (κ2) is 8.48. The van der Waals surface area contributed by atoms with Crippen LogP contribution in [0.2, 0.25) is 10.0 Å². The van der Waals surface area contributed by atoms with Crippen LogP contribution in [0.5, 0.6) is 0 Å². The number of thiazole rings is 1. The highest BCUT2D eigenvalue weighted by atomic mass is 35.5. The molecule has 1 aromatic heterocycles. The average molecular weight is 482 g/mol. The van der Waals surface area contributed by atoms with E-state index in [9.17, 15) is 8.42 Å². The van der Waals surface area contributed by atoms with Crippen LogP contribution >= 0.6 is 34.5 Å². The van der Waals surface area contributed by atoms with Crippen LogP contribution in [-0.2, 0) is 10.0 Å². The smallest absolute Gasteiger partial charge is 0.244 e. The highest BCUT2D eigenvalue weighted by Gasteiger charge is 2.31. The third-order valence-corrected chi connectivity index (χ3v) is 8.83. The van der Waals surface area contributed by atoms with E-state index in [1.54, 1.807) is 17.4 Å². The quantitative estimate of drug-likeness (QED) is 0.510. The van der Waals surface area contributed by atoms with Gasteiger partial charge in [-0.05, 0) is 49.2 Å². The van der Waals surface area contributed by atoms with Gasteiger partial charge in [0.2, 0.25) is 10.0 Å². The van der Waals surface area contributed by atoms with Gasteiger partial charge in [0, 0.05) is 42.1 Å². The van der Waals surface area contributed by atoms with E-state index >= 15 is 0 Å². The zero-order chi connectivity index (χ0) is 21.5. The summed E-state index contributed by atoms with van der Waals surface area (Å²) in [5.41, 5.74) is 4.53. The highest BCUT2D eigenvalue weighted by Crippen LogP contribution is 2.31. The van der Waals surface area contributed by atoms with Gasteiger partial charge in [-0.25, -0.2) is 13.4 Å². The fourth-order valence-electron chi connectivity index (χ4n) is 3.38. The van der Waals surface area contributed by atoms with Crippen LogP contribution in [0.25, 0.3) is 11.3 Å². The molecule has 0 N–H and O–H groups in total. The summed E-state index contributed by atoms with van der Waals surface area (Å²) < 4.78 is 27.5. The number of anilines is 1. The molecule has 1 aliphatic heterocycles. The van der Waals surface area contributed by atoms with E-state index in [-0.39, 0.29) is 9.92 Å². The lowest BCUT2D eigenvalue weighted by Crippen LogP contribution is -2.48. The predicted octanol–water partition coefficient (Wildman–Crippen LogP) is 5.24. The molecule has 0 aliphatic carbocycles. The lowest BCUT2D eigenvalue weighted by Gasteiger charge is -2.34. The summed E-state index contributed by atoms with van der Waals surface area (Å²) >= 11 is 13.7. The summed E-state index contributed by atoms with van der Waals surface area (Å²) in [6.45, 7) is 6.05. The zero-order valence-electron chi connectivity index (χ0n) is 16.6. The van der Waals surface area contributed by atoms with Crippen LogP contribution in [0.15, 0.2) is 46.7 Å². The van der Waals surface area contributed by atoms with Crippen molar-refractivity contribution < 1.29 is 8.42 Å². The van der Waals surface area contributed by atoms with Gasteiger partial charge < -0.3 is 4.90 Å². The van der Waals surface area contributed by atoms with Crippen LogP contribution in [0.1, 0.15) is 11.1 Å². The molecule has 0 bridgehead atoms. The van der Waals surface area contributed by atoms with Gasteiger partial charge in [-0.15, -0.1) is 11.3 Å². The minimum Gasteiger partial charge on any atom is -0.345 e. The maximum absolute atomic E-state index is 13.0. The average Bonchev–Trinajstić information content (AvgIpc) is 3.22. The van der Waals surface area contributed by atoms with Crippen LogP contribution < -0.4 is 4.90 Å². The van der Waals surface area contributed by atoms with Gasteiger partial charge in [-0.3, -0.25) is 0 Å². The molecule has 158 valence electrons. The molecule has 0 radical (unpaired) electrons. The van der Waals surface area contributed by atoms with Crippen molar-refractivity contribution in [2.24, 2.45) is 0 Å². The molecule has 30 heavy (non-hydrogen) atoms. The zero-order valence-corrected chi connectivity index (χ0v) is 19.7. The van der Waals surface area contributed by atoms with Crippen molar-refractivity contribution in [1.29, 1.82) is 0 Å². The van der Waals surface area contributed by atoms with Crippen LogP contribution in [-0.4, -0.2) is 43.9 Å². The summed E-state index contributed by atoms with van der Waals surface area (Å²) in [5, 5.41) is 3.48. The summed E-state index contributed by atoms with van der Waals surface area (Å²) in [7, 11) is -3.69. The Morgan fingerprint density at radius 1 is 0.967 bits per heavy atom. The number of hydrogen-bond acceptors (Lipinski definition) is 5. The molecular formula is C21H21Cl2N3O2S2. The Morgan fingerprint density at radius 3 is 2.40 bits per heavy atom. The molecule has 3 aromatic rings. The fraction of sp³-hybridized carbons (Fsp3) is 0.286. The van der Waals surface area contributed by atoms with Crippen molar-refractivity contribution in [2.75, 3.05) is 31.1 Å². The number of sulfonamides is 1. The Kier molecular flexibility index (Phi) is 6.10. The number of aromatic nitrogens is 1. The van der Waals surface area contributed by atoms with Crippen molar-refractivity contribution in [3.05, 3.63) is 63.0 Å². The Hall–Kier alpha value is -1.64. The number of halogens is 2. The molecule has 0 amide bonds. The molecule has 0 saturated carbocycles. The standard InChI is InChI=1S/C21H21Cl2N3O2S2/c1-14-3-4-16(11-15(14)2)19-13-29-21(24-19)25-7-9-26(10-8-25)30(27,28)20-12-17(22)5-6-18(20)23/h3-6,11-13H,7-10H2,1-2H3. The van der Waals surface area contributed by atoms with Crippen LogP contribution in [0.4, 0.5) is 5.13 Å². The minimum absolute atomic E-state index is 0.0522. The molecule has 1 fully saturated rings. The molecular weight excluding hydrogens is 461 g/mol. The van der Waals surface area contributed by atoms with Crippen molar-refractivity contribution in [3.8, 4) is 11.3 Å².